The number of carbonyl (C=O) groups excluding carboxylic acids is 1. The Hall–Kier alpha value is -1.59. The van der Waals surface area contributed by atoms with E-state index in [0.717, 1.165) is 17.7 Å². The standard InChI is InChI=1S/C15H17NO3S/c1-14(18,11-4-2-8-19-11)10-16-13(17)15(6-7-15)12-5-3-9-20-12/h2-5,8-9,18H,6-7,10H2,1H3,(H,16,17). The van der Waals surface area contributed by atoms with Crippen molar-refractivity contribution in [3.63, 3.8) is 0 Å². The number of hydrogen-bond donors (Lipinski definition) is 2. The van der Waals surface area contributed by atoms with Crippen LogP contribution in [0.3, 0.4) is 0 Å². The van der Waals surface area contributed by atoms with Crippen molar-refractivity contribution in [1.82, 2.24) is 5.32 Å². The van der Waals surface area contributed by atoms with Gasteiger partial charge < -0.3 is 14.8 Å². The molecule has 0 radical (unpaired) electrons. The molecule has 1 atom stereocenters. The van der Waals surface area contributed by atoms with E-state index >= 15 is 0 Å². The summed E-state index contributed by atoms with van der Waals surface area (Å²) < 4.78 is 5.20. The number of thiophene rings is 1. The van der Waals surface area contributed by atoms with E-state index in [-0.39, 0.29) is 17.9 Å². The summed E-state index contributed by atoms with van der Waals surface area (Å²) in [5.41, 5.74) is -1.56. The molecule has 1 amide bonds. The number of rotatable bonds is 5. The average molecular weight is 291 g/mol. The first-order valence-electron chi connectivity index (χ1n) is 6.63. The van der Waals surface area contributed by atoms with Gasteiger partial charge in [0.05, 0.1) is 18.2 Å². The largest absolute Gasteiger partial charge is 0.466 e. The van der Waals surface area contributed by atoms with Gasteiger partial charge in [0, 0.05) is 4.88 Å². The van der Waals surface area contributed by atoms with Gasteiger partial charge in [0.15, 0.2) is 0 Å². The van der Waals surface area contributed by atoms with Crippen LogP contribution in [-0.2, 0) is 15.8 Å². The second-order valence-corrected chi connectivity index (χ2v) is 6.44. The van der Waals surface area contributed by atoms with E-state index in [2.05, 4.69) is 5.32 Å². The minimum Gasteiger partial charge on any atom is -0.466 e. The molecule has 1 unspecified atom stereocenters. The van der Waals surface area contributed by atoms with Crippen LogP contribution in [0.2, 0.25) is 0 Å². The Morgan fingerprint density at radius 1 is 1.50 bits per heavy atom. The van der Waals surface area contributed by atoms with Crippen LogP contribution < -0.4 is 5.32 Å². The Morgan fingerprint density at radius 2 is 2.30 bits per heavy atom. The first kappa shape index (κ1) is 13.4. The molecule has 5 heteroatoms. The van der Waals surface area contributed by atoms with Gasteiger partial charge in [0.25, 0.3) is 0 Å². The second kappa shape index (κ2) is 4.75. The third-order valence-corrected chi connectivity index (χ3v) is 4.90. The lowest BCUT2D eigenvalue weighted by Gasteiger charge is -2.23. The number of furan rings is 1. The van der Waals surface area contributed by atoms with Gasteiger partial charge >= 0.3 is 0 Å². The van der Waals surface area contributed by atoms with E-state index in [1.807, 2.05) is 17.5 Å². The summed E-state index contributed by atoms with van der Waals surface area (Å²) in [6.45, 7) is 1.78. The maximum atomic E-state index is 12.4. The van der Waals surface area contributed by atoms with E-state index in [9.17, 15) is 9.90 Å². The van der Waals surface area contributed by atoms with Gasteiger partial charge in [-0.05, 0) is 43.3 Å². The van der Waals surface area contributed by atoms with Crippen molar-refractivity contribution >= 4 is 17.2 Å². The topological polar surface area (TPSA) is 62.5 Å². The Kier molecular flexibility index (Phi) is 3.18. The molecule has 1 saturated carbocycles. The second-order valence-electron chi connectivity index (χ2n) is 5.49. The van der Waals surface area contributed by atoms with Crippen LogP contribution in [0.5, 0.6) is 0 Å². The predicted octanol–water partition coefficient (Wildman–Crippen LogP) is 2.40. The normalized spacial score (nSPS) is 19.3. The zero-order chi connectivity index (χ0) is 14.2. The van der Waals surface area contributed by atoms with Crippen molar-refractivity contribution in [1.29, 1.82) is 0 Å². The summed E-state index contributed by atoms with van der Waals surface area (Å²) in [6.07, 6.45) is 3.27. The van der Waals surface area contributed by atoms with Crippen LogP contribution in [0.1, 0.15) is 30.4 Å². The first-order valence-corrected chi connectivity index (χ1v) is 7.51. The molecule has 2 N–H and O–H groups in total. The maximum Gasteiger partial charge on any atom is 0.231 e. The molecule has 3 rings (SSSR count). The molecule has 106 valence electrons. The summed E-state index contributed by atoms with van der Waals surface area (Å²) in [4.78, 5) is 13.5. The van der Waals surface area contributed by atoms with Crippen molar-refractivity contribution in [3.05, 3.63) is 46.5 Å². The van der Waals surface area contributed by atoms with E-state index in [1.54, 1.807) is 30.4 Å². The summed E-state index contributed by atoms with van der Waals surface area (Å²) in [6, 6.07) is 7.40. The molecule has 2 aromatic rings. The number of aliphatic hydroxyl groups is 1. The number of carbonyl (C=O) groups is 1. The van der Waals surface area contributed by atoms with Gasteiger partial charge in [-0.25, -0.2) is 0 Å². The molecule has 0 aliphatic heterocycles. The van der Waals surface area contributed by atoms with Crippen molar-refractivity contribution < 1.29 is 14.3 Å². The van der Waals surface area contributed by atoms with Crippen LogP contribution >= 0.6 is 11.3 Å². The fraction of sp³-hybridized carbons (Fsp3) is 0.400. The highest BCUT2D eigenvalue weighted by Crippen LogP contribution is 2.50. The minimum atomic E-state index is -1.19. The predicted molar refractivity (Wildman–Crippen MR) is 76.5 cm³/mol. The lowest BCUT2D eigenvalue weighted by atomic mass is 10.0. The van der Waals surface area contributed by atoms with Crippen LogP contribution in [0.4, 0.5) is 0 Å². The molecule has 0 bridgehead atoms. The number of nitrogens with one attached hydrogen (secondary N) is 1. The van der Waals surface area contributed by atoms with E-state index in [0.29, 0.717) is 5.76 Å². The molecule has 0 saturated heterocycles. The molecular formula is C15H17NO3S. The molecule has 0 aromatic carbocycles. The van der Waals surface area contributed by atoms with Gasteiger partial charge in [-0.2, -0.15) is 0 Å². The molecule has 2 heterocycles. The first-order chi connectivity index (χ1) is 9.55. The van der Waals surface area contributed by atoms with Gasteiger partial charge in [0.1, 0.15) is 11.4 Å². The quantitative estimate of drug-likeness (QED) is 0.889. The molecule has 1 aliphatic carbocycles. The monoisotopic (exact) mass is 291 g/mol. The number of amides is 1. The SMILES string of the molecule is CC(O)(CNC(=O)C1(c2cccs2)CC1)c1ccco1. The third kappa shape index (κ3) is 2.27. The lowest BCUT2D eigenvalue weighted by Crippen LogP contribution is -2.42. The van der Waals surface area contributed by atoms with Gasteiger partial charge in [-0.3, -0.25) is 4.79 Å². The molecule has 1 aliphatic rings. The van der Waals surface area contributed by atoms with Gasteiger partial charge in [-0.15, -0.1) is 11.3 Å². The average Bonchev–Trinajstić information content (AvgIpc) is 2.91. The van der Waals surface area contributed by atoms with Gasteiger partial charge in [-0.1, -0.05) is 6.07 Å². The highest BCUT2D eigenvalue weighted by molar-refractivity contribution is 7.10. The Bertz CT molecular complexity index is 583. The summed E-state index contributed by atoms with van der Waals surface area (Å²) in [5.74, 6) is 0.450. The Balaban J connectivity index is 1.66. The van der Waals surface area contributed by atoms with Gasteiger partial charge in [0.2, 0.25) is 5.91 Å². The summed E-state index contributed by atoms with van der Waals surface area (Å²) in [5, 5.41) is 15.2. The zero-order valence-electron chi connectivity index (χ0n) is 11.3. The van der Waals surface area contributed by atoms with Crippen LogP contribution in [0.25, 0.3) is 0 Å². The molecule has 20 heavy (non-hydrogen) atoms. The minimum absolute atomic E-state index is 0.00761. The molecule has 2 aromatic heterocycles. The van der Waals surface area contributed by atoms with E-state index in [4.69, 9.17) is 4.42 Å². The van der Waals surface area contributed by atoms with Crippen LogP contribution in [0.15, 0.2) is 40.3 Å². The smallest absolute Gasteiger partial charge is 0.231 e. The highest BCUT2D eigenvalue weighted by atomic mass is 32.1. The van der Waals surface area contributed by atoms with Crippen LogP contribution in [-0.4, -0.2) is 17.6 Å². The van der Waals surface area contributed by atoms with E-state index in [1.165, 1.54) is 6.26 Å². The van der Waals surface area contributed by atoms with Crippen molar-refractivity contribution in [2.24, 2.45) is 0 Å². The number of hydrogen-bond acceptors (Lipinski definition) is 4. The molecular weight excluding hydrogens is 274 g/mol. The third-order valence-electron chi connectivity index (χ3n) is 3.82. The summed E-state index contributed by atoms with van der Waals surface area (Å²) >= 11 is 1.61. The summed E-state index contributed by atoms with van der Waals surface area (Å²) in [7, 11) is 0. The molecule has 1 fully saturated rings. The van der Waals surface area contributed by atoms with Crippen molar-refractivity contribution in [2.75, 3.05) is 6.54 Å². The molecule has 4 nitrogen and oxygen atoms in total. The van der Waals surface area contributed by atoms with Crippen LogP contribution in [0, 0.1) is 0 Å². The molecule has 0 spiro atoms. The van der Waals surface area contributed by atoms with Crippen molar-refractivity contribution in [3.8, 4) is 0 Å². The Morgan fingerprint density at radius 3 is 2.85 bits per heavy atom. The lowest BCUT2D eigenvalue weighted by molar-refractivity contribution is -0.124. The van der Waals surface area contributed by atoms with Crippen molar-refractivity contribution in [2.45, 2.75) is 30.8 Å². The van der Waals surface area contributed by atoms with E-state index < -0.39 is 5.60 Å². The Labute approximate surface area is 121 Å². The zero-order valence-corrected chi connectivity index (χ0v) is 12.1. The fourth-order valence-corrected chi connectivity index (χ4v) is 3.34. The fourth-order valence-electron chi connectivity index (χ4n) is 2.35. The highest BCUT2D eigenvalue weighted by Gasteiger charge is 2.52. The maximum absolute atomic E-state index is 12.4.